The molecule has 2 N–H and O–H groups in total. The van der Waals surface area contributed by atoms with Crippen molar-refractivity contribution in [3.05, 3.63) is 0 Å². The van der Waals surface area contributed by atoms with Gasteiger partial charge in [0.1, 0.15) is 0 Å². The summed E-state index contributed by atoms with van der Waals surface area (Å²) < 4.78 is 5.15. The molecule has 1 aliphatic rings. The fraction of sp³-hybridized carbons (Fsp3) is 0.938. The Labute approximate surface area is 163 Å². The number of halogens is 1. The number of hydrogen-bond donors (Lipinski definition) is 2. The minimum Gasteiger partial charge on any atom is -0.383 e. The van der Waals surface area contributed by atoms with Crippen LogP contribution in [0.15, 0.2) is 4.99 Å². The summed E-state index contributed by atoms with van der Waals surface area (Å²) >= 11 is 1.91. The van der Waals surface area contributed by atoms with Gasteiger partial charge < -0.3 is 20.3 Å². The maximum Gasteiger partial charge on any atom is 0.191 e. The molecule has 0 aliphatic carbocycles. The predicted octanol–water partition coefficient (Wildman–Crippen LogP) is 2.41. The zero-order chi connectivity index (χ0) is 16.0. The van der Waals surface area contributed by atoms with Gasteiger partial charge in [0, 0.05) is 45.9 Å². The van der Waals surface area contributed by atoms with Gasteiger partial charge in [-0.1, -0.05) is 0 Å². The van der Waals surface area contributed by atoms with E-state index in [0.717, 1.165) is 45.3 Å². The molecule has 1 fully saturated rings. The van der Waals surface area contributed by atoms with Crippen LogP contribution in [0.1, 0.15) is 32.6 Å². The second kappa shape index (κ2) is 15.8. The summed E-state index contributed by atoms with van der Waals surface area (Å²) in [6, 6.07) is 0.544. The van der Waals surface area contributed by atoms with E-state index < -0.39 is 0 Å². The highest BCUT2D eigenvalue weighted by Crippen LogP contribution is 2.09. The van der Waals surface area contributed by atoms with E-state index in [-0.39, 0.29) is 24.0 Å². The van der Waals surface area contributed by atoms with Crippen molar-refractivity contribution in [1.82, 2.24) is 15.5 Å². The number of likely N-dealkylation sites (tertiary alicyclic amines) is 1. The Kier molecular flexibility index (Phi) is 16.0. The lowest BCUT2D eigenvalue weighted by molar-refractivity contribution is 0.128. The number of piperidine rings is 1. The maximum atomic E-state index is 5.15. The number of unbranched alkanes of at least 4 members (excludes halogenated alkanes) is 1. The molecular weight excluding hydrogens is 423 g/mol. The molecule has 0 unspecified atom stereocenters. The molecule has 1 aliphatic heterocycles. The average molecular weight is 458 g/mol. The van der Waals surface area contributed by atoms with Gasteiger partial charge in [-0.05, 0) is 44.6 Å². The fourth-order valence-electron chi connectivity index (χ4n) is 2.58. The van der Waals surface area contributed by atoms with E-state index in [9.17, 15) is 0 Å². The van der Waals surface area contributed by atoms with Crippen molar-refractivity contribution < 1.29 is 4.74 Å². The van der Waals surface area contributed by atoms with Crippen LogP contribution in [-0.2, 0) is 4.74 Å². The molecule has 0 aromatic heterocycles. The first-order valence-electron chi connectivity index (χ1n) is 8.55. The Hall–Kier alpha value is 0.270. The molecule has 138 valence electrons. The van der Waals surface area contributed by atoms with Gasteiger partial charge >= 0.3 is 0 Å². The summed E-state index contributed by atoms with van der Waals surface area (Å²) in [5.41, 5.74) is 0. The number of nitrogens with one attached hydrogen (secondary N) is 2. The Bertz CT molecular complexity index is 300. The summed E-state index contributed by atoms with van der Waals surface area (Å²) in [4.78, 5) is 7.18. The van der Waals surface area contributed by atoms with Crippen LogP contribution in [-0.4, -0.2) is 75.4 Å². The standard InChI is InChI=1S/C16H34N4OS.HI/c1-4-17-16(18-9-5-6-14-22-3)19-15-7-10-20(11-8-15)12-13-21-2;/h15H,4-14H2,1-3H3,(H2,17,18,19);1H. The maximum absolute atomic E-state index is 5.15. The van der Waals surface area contributed by atoms with Gasteiger partial charge in [-0.3, -0.25) is 4.99 Å². The highest BCUT2D eigenvalue weighted by atomic mass is 127. The van der Waals surface area contributed by atoms with E-state index in [4.69, 9.17) is 9.73 Å². The summed E-state index contributed by atoms with van der Waals surface area (Å²) in [6.45, 7) is 8.14. The highest BCUT2D eigenvalue weighted by molar-refractivity contribution is 14.0. The van der Waals surface area contributed by atoms with Crippen molar-refractivity contribution in [2.45, 2.75) is 38.6 Å². The van der Waals surface area contributed by atoms with Gasteiger partial charge in [-0.2, -0.15) is 11.8 Å². The Morgan fingerprint density at radius 1 is 1.30 bits per heavy atom. The average Bonchev–Trinajstić information content (AvgIpc) is 2.54. The van der Waals surface area contributed by atoms with Crippen LogP contribution in [0, 0.1) is 0 Å². The topological polar surface area (TPSA) is 48.9 Å². The third-order valence-corrected chi connectivity index (χ3v) is 4.61. The number of ether oxygens (including phenoxy) is 1. The number of methoxy groups -OCH3 is 1. The molecule has 1 saturated heterocycles. The summed E-state index contributed by atoms with van der Waals surface area (Å²) in [5, 5.41) is 6.97. The van der Waals surface area contributed by atoms with E-state index in [1.54, 1.807) is 7.11 Å². The fourth-order valence-corrected chi connectivity index (χ4v) is 3.08. The molecule has 1 rings (SSSR count). The SMILES string of the molecule is CCNC(=NCCCCSC)NC1CCN(CCOC)CC1.I. The lowest BCUT2D eigenvalue weighted by Gasteiger charge is -2.32. The molecule has 0 bridgehead atoms. The van der Waals surface area contributed by atoms with Crippen molar-refractivity contribution in [2.24, 2.45) is 4.99 Å². The minimum atomic E-state index is 0. The van der Waals surface area contributed by atoms with Crippen LogP contribution in [0.2, 0.25) is 0 Å². The van der Waals surface area contributed by atoms with Crippen molar-refractivity contribution in [3.63, 3.8) is 0 Å². The van der Waals surface area contributed by atoms with E-state index >= 15 is 0 Å². The second-order valence-electron chi connectivity index (χ2n) is 5.71. The van der Waals surface area contributed by atoms with Crippen LogP contribution >= 0.6 is 35.7 Å². The molecule has 0 aromatic rings. The molecule has 23 heavy (non-hydrogen) atoms. The monoisotopic (exact) mass is 458 g/mol. The van der Waals surface area contributed by atoms with Gasteiger partial charge in [0.05, 0.1) is 6.61 Å². The summed E-state index contributed by atoms with van der Waals surface area (Å²) in [6.07, 6.45) is 6.95. The molecule has 1 heterocycles. The lowest BCUT2D eigenvalue weighted by Crippen LogP contribution is -2.49. The van der Waals surface area contributed by atoms with Gasteiger partial charge in [0.2, 0.25) is 0 Å². The molecule has 0 atom stereocenters. The third-order valence-electron chi connectivity index (χ3n) is 3.91. The van der Waals surface area contributed by atoms with E-state index in [0.29, 0.717) is 6.04 Å². The lowest BCUT2D eigenvalue weighted by atomic mass is 10.1. The quantitative estimate of drug-likeness (QED) is 0.228. The van der Waals surface area contributed by atoms with Crippen molar-refractivity contribution in [1.29, 1.82) is 0 Å². The van der Waals surface area contributed by atoms with Crippen molar-refractivity contribution in [2.75, 3.05) is 58.4 Å². The summed E-state index contributed by atoms with van der Waals surface area (Å²) in [5.74, 6) is 2.22. The molecule has 0 aromatic carbocycles. The number of hydrogen-bond acceptors (Lipinski definition) is 4. The first kappa shape index (κ1) is 23.3. The Morgan fingerprint density at radius 3 is 2.65 bits per heavy atom. The number of nitrogens with zero attached hydrogens (tertiary/aromatic N) is 2. The van der Waals surface area contributed by atoms with E-state index in [1.165, 1.54) is 31.4 Å². The van der Waals surface area contributed by atoms with Crippen molar-refractivity contribution in [3.8, 4) is 0 Å². The molecular formula is C16H35IN4OS. The molecule has 0 amide bonds. The Balaban J connectivity index is 0.00000484. The second-order valence-corrected chi connectivity index (χ2v) is 6.70. The van der Waals surface area contributed by atoms with Crippen LogP contribution in [0.25, 0.3) is 0 Å². The molecule has 0 spiro atoms. The van der Waals surface area contributed by atoms with Crippen molar-refractivity contribution >= 4 is 41.7 Å². The first-order valence-corrected chi connectivity index (χ1v) is 9.94. The molecule has 7 heteroatoms. The predicted molar refractivity (Wildman–Crippen MR) is 113 cm³/mol. The van der Waals surface area contributed by atoms with E-state index in [2.05, 4.69) is 28.7 Å². The van der Waals surface area contributed by atoms with Crippen LogP contribution in [0.3, 0.4) is 0 Å². The van der Waals surface area contributed by atoms with Gasteiger partial charge in [-0.25, -0.2) is 0 Å². The van der Waals surface area contributed by atoms with Crippen LogP contribution in [0.4, 0.5) is 0 Å². The van der Waals surface area contributed by atoms with Gasteiger partial charge in [0.25, 0.3) is 0 Å². The van der Waals surface area contributed by atoms with Crippen LogP contribution in [0.5, 0.6) is 0 Å². The number of thioether (sulfide) groups is 1. The number of guanidine groups is 1. The number of aliphatic imine (C=N–C) groups is 1. The normalized spacial score (nSPS) is 16.9. The van der Waals surface area contributed by atoms with Gasteiger partial charge in [0.15, 0.2) is 5.96 Å². The molecule has 5 nitrogen and oxygen atoms in total. The first-order chi connectivity index (χ1) is 10.8. The zero-order valence-electron chi connectivity index (χ0n) is 15.0. The molecule has 0 radical (unpaired) electrons. The summed E-state index contributed by atoms with van der Waals surface area (Å²) in [7, 11) is 1.77. The third kappa shape index (κ3) is 11.4. The highest BCUT2D eigenvalue weighted by Gasteiger charge is 2.19. The zero-order valence-corrected chi connectivity index (χ0v) is 18.1. The number of rotatable bonds is 10. The Morgan fingerprint density at radius 2 is 2.04 bits per heavy atom. The van der Waals surface area contributed by atoms with E-state index in [1.807, 2.05) is 11.8 Å². The van der Waals surface area contributed by atoms with Gasteiger partial charge in [-0.15, -0.1) is 24.0 Å². The smallest absolute Gasteiger partial charge is 0.191 e. The largest absolute Gasteiger partial charge is 0.383 e. The minimum absolute atomic E-state index is 0. The molecule has 0 saturated carbocycles. The van der Waals surface area contributed by atoms with Crippen LogP contribution < -0.4 is 10.6 Å².